The number of phenolic OH excluding ortho intramolecular Hbond substituents is 1. The Morgan fingerprint density at radius 1 is 1.56 bits per heavy atom. The highest BCUT2D eigenvalue weighted by Gasteiger charge is 2.09. The van der Waals surface area contributed by atoms with E-state index in [9.17, 15) is 5.11 Å². The minimum absolute atomic E-state index is 0.143. The third-order valence-corrected chi connectivity index (χ3v) is 2.73. The highest BCUT2D eigenvalue weighted by Crippen LogP contribution is 2.30. The third-order valence-electron chi connectivity index (χ3n) is 2.10. The number of phenols is 1. The van der Waals surface area contributed by atoms with E-state index >= 15 is 0 Å². The summed E-state index contributed by atoms with van der Waals surface area (Å²) in [6, 6.07) is 3.24. The highest BCUT2D eigenvalue weighted by molar-refractivity contribution is 9.10. The number of aromatic hydroxyl groups is 1. The van der Waals surface area contributed by atoms with Gasteiger partial charge in [0, 0.05) is 17.7 Å². The lowest BCUT2D eigenvalue weighted by molar-refractivity contribution is 0.472. The molecule has 2 rings (SSSR count). The normalized spacial score (nSPS) is 11.4. The van der Waals surface area contributed by atoms with Crippen LogP contribution in [0.3, 0.4) is 0 Å². The van der Waals surface area contributed by atoms with E-state index in [-0.39, 0.29) is 5.75 Å². The van der Waals surface area contributed by atoms with Crippen LogP contribution < -0.4 is 0 Å². The molecule has 1 aromatic heterocycles. The molecule has 0 bridgehead atoms. The standard InChI is InChI=1S/C12H10BrNO2/c1-3-4-7(2)12-14-9-6-10(15)8(13)5-11(9)16-12/h3-6,15H,2H2,1H3/b4-3-. The Balaban J connectivity index is 2.56. The van der Waals surface area contributed by atoms with Gasteiger partial charge in [-0.3, -0.25) is 0 Å². The summed E-state index contributed by atoms with van der Waals surface area (Å²) in [4.78, 5) is 4.23. The number of hydrogen-bond donors (Lipinski definition) is 1. The van der Waals surface area contributed by atoms with Crippen molar-refractivity contribution in [3.05, 3.63) is 41.2 Å². The Morgan fingerprint density at radius 3 is 3.00 bits per heavy atom. The molecule has 0 aliphatic rings. The van der Waals surface area contributed by atoms with Gasteiger partial charge in [-0.05, 0) is 22.9 Å². The molecule has 4 heteroatoms. The molecule has 0 aliphatic heterocycles. The van der Waals surface area contributed by atoms with Gasteiger partial charge in [0.25, 0.3) is 0 Å². The van der Waals surface area contributed by atoms with Crippen LogP contribution in [0.5, 0.6) is 5.75 Å². The Hall–Kier alpha value is -1.55. The number of nitrogens with zero attached hydrogens (tertiary/aromatic N) is 1. The molecule has 1 heterocycles. The van der Waals surface area contributed by atoms with E-state index in [1.54, 1.807) is 12.1 Å². The van der Waals surface area contributed by atoms with Crippen LogP contribution in [0.4, 0.5) is 0 Å². The lowest BCUT2D eigenvalue weighted by Crippen LogP contribution is -1.76. The largest absolute Gasteiger partial charge is 0.507 e. The van der Waals surface area contributed by atoms with Crippen LogP contribution in [0, 0.1) is 0 Å². The van der Waals surface area contributed by atoms with E-state index in [4.69, 9.17) is 4.42 Å². The second-order valence-corrected chi connectivity index (χ2v) is 4.17. The van der Waals surface area contributed by atoms with Crippen LogP contribution in [0.2, 0.25) is 0 Å². The van der Waals surface area contributed by atoms with Crippen molar-refractivity contribution in [3.63, 3.8) is 0 Å². The fraction of sp³-hybridized carbons (Fsp3) is 0.0833. The zero-order valence-electron chi connectivity index (χ0n) is 8.70. The molecule has 0 amide bonds. The Morgan fingerprint density at radius 2 is 2.31 bits per heavy atom. The smallest absolute Gasteiger partial charge is 0.226 e. The van der Waals surface area contributed by atoms with Crippen molar-refractivity contribution in [1.82, 2.24) is 4.98 Å². The van der Waals surface area contributed by atoms with Crippen LogP contribution >= 0.6 is 15.9 Å². The summed E-state index contributed by atoms with van der Waals surface area (Å²) >= 11 is 3.22. The highest BCUT2D eigenvalue weighted by atomic mass is 79.9. The predicted molar refractivity (Wildman–Crippen MR) is 67.2 cm³/mol. The van der Waals surface area contributed by atoms with E-state index in [0.717, 1.165) is 0 Å². The number of fused-ring (bicyclic) bond motifs is 1. The summed E-state index contributed by atoms with van der Waals surface area (Å²) in [5.74, 6) is 0.606. The van der Waals surface area contributed by atoms with Crippen LogP contribution in [-0.4, -0.2) is 10.1 Å². The van der Waals surface area contributed by atoms with Crippen molar-refractivity contribution < 1.29 is 9.52 Å². The maximum Gasteiger partial charge on any atom is 0.226 e. The lowest BCUT2D eigenvalue weighted by Gasteiger charge is -1.93. The average Bonchev–Trinajstić information content (AvgIpc) is 2.62. The first-order valence-electron chi connectivity index (χ1n) is 4.73. The van der Waals surface area contributed by atoms with Crippen molar-refractivity contribution in [2.45, 2.75) is 6.92 Å². The molecule has 0 unspecified atom stereocenters. The third kappa shape index (κ3) is 1.88. The summed E-state index contributed by atoms with van der Waals surface area (Å²) < 4.78 is 6.10. The maximum atomic E-state index is 9.50. The van der Waals surface area contributed by atoms with Crippen LogP contribution in [-0.2, 0) is 0 Å². The van der Waals surface area contributed by atoms with Gasteiger partial charge in [-0.15, -0.1) is 0 Å². The first-order valence-corrected chi connectivity index (χ1v) is 5.52. The van der Waals surface area contributed by atoms with Gasteiger partial charge < -0.3 is 9.52 Å². The lowest BCUT2D eigenvalue weighted by atomic mass is 10.3. The van der Waals surface area contributed by atoms with Crippen molar-refractivity contribution in [2.75, 3.05) is 0 Å². The Kier molecular flexibility index (Phi) is 2.83. The first kappa shape index (κ1) is 11.0. The molecule has 0 radical (unpaired) electrons. The van der Waals surface area contributed by atoms with Gasteiger partial charge in [-0.25, -0.2) is 4.98 Å². The van der Waals surface area contributed by atoms with Crippen molar-refractivity contribution in [3.8, 4) is 5.75 Å². The van der Waals surface area contributed by atoms with Gasteiger partial charge in [0.15, 0.2) is 5.58 Å². The topological polar surface area (TPSA) is 46.3 Å². The molecule has 0 fully saturated rings. The molecule has 3 nitrogen and oxygen atoms in total. The SMILES string of the molecule is C=C(/C=C\C)c1nc2cc(O)c(Br)cc2o1. The summed E-state index contributed by atoms with van der Waals surface area (Å²) in [6.07, 6.45) is 3.68. The van der Waals surface area contributed by atoms with Gasteiger partial charge in [-0.1, -0.05) is 18.7 Å². The second-order valence-electron chi connectivity index (χ2n) is 3.32. The molecule has 0 aliphatic carbocycles. The van der Waals surface area contributed by atoms with Crippen molar-refractivity contribution >= 4 is 32.6 Å². The minimum atomic E-state index is 0.143. The fourth-order valence-corrected chi connectivity index (χ4v) is 1.67. The zero-order valence-corrected chi connectivity index (χ0v) is 10.3. The zero-order chi connectivity index (χ0) is 11.7. The molecule has 0 saturated heterocycles. The Labute approximate surface area is 101 Å². The fourth-order valence-electron chi connectivity index (χ4n) is 1.35. The van der Waals surface area contributed by atoms with Crippen molar-refractivity contribution in [1.29, 1.82) is 0 Å². The van der Waals surface area contributed by atoms with E-state index < -0.39 is 0 Å². The van der Waals surface area contributed by atoms with Gasteiger partial charge in [0.1, 0.15) is 11.3 Å². The summed E-state index contributed by atoms with van der Waals surface area (Å²) in [6.45, 7) is 5.74. The molecule has 0 atom stereocenters. The maximum absolute atomic E-state index is 9.50. The van der Waals surface area contributed by atoms with Crippen LogP contribution in [0.1, 0.15) is 12.8 Å². The van der Waals surface area contributed by atoms with Gasteiger partial charge in [0.05, 0.1) is 4.47 Å². The van der Waals surface area contributed by atoms with E-state index in [1.807, 2.05) is 19.1 Å². The number of oxazole rings is 1. The van der Waals surface area contributed by atoms with Gasteiger partial charge >= 0.3 is 0 Å². The molecule has 1 aromatic carbocycles. The molecule has 0 spiro atoms. The Bertz CT molecular complexity index is 545. The summed E-state index contributed by atoms with van der Waals surface area (Å²) in [5.41, 5.74) is 1.93. The number of hydrogen-bond acceptors (Lipinski definition) is 3. The number of benzene rings is 1. The second kappa shape index (κ2) is 4.14. The number of allylic oxidation sites excluding steroid dienone is 3. The molecular formula is C12H10BrNO2. The quantitative estimate of drug-likeness (QED) is 0.849. The minimum Gasteiger partial charge on any atom is -0.507 e. The molecule has 82 valence electrons. The van der Waals surface area contributed by atoms with Crippen LogP contribution in [0.15, 0.2) is 39.8 Å². The average molecular weight is 280 g/mol. The summed E-state index contributed by atoms with van der Waals surface area (Å²) in [5, 5.41) is 9.50. The number of halogens is 1. The van der Waals surface area contributed by atoms with E-state index in [0.29, 0.717) is 27.0 Å². The molecule has 0 saturated carbocycles. The van der Waals surface area contributed by atoms with Gasteiger partial charge in [-0.2, -0.15) is 0 Å². The van der Waals surface area contributed by atoms with Crippen molar-refractivity contribution in [2.24, 2.45) is 0 Å². The monoisotopic (exact) mass is 279 g/mol. The molecule has 16 heavy (non-hydrogen) atoms. The number of rotatable bonds is 2. The molecule has 2 aromatic rings. The number of aromatic nitrogens is 1. The van der Waals surface area contributed by atoms with E-state index in [1.165, 1.54) is 0 Å². The molecular weight excluding hydrogens is 270 g/mol. The van der Waals surface area contributed by atoms with Crippen LogP contribution in [0.25, 0.3) is 16.7 Å². The summed E-state index contributed by atoms with van der Waals surface area (Å²) in [7, 11) is 0. The van der Waals surface area contributed by atoms with E-state index in [2.05, 4.69) is 27.5 Å². The first-order chi connectivity index (χ1) is 7.61. The predicted octanol–water partition coefficient (Wildman–Crippen LogP) is 3.89. The van der Waals surface area contributed by atoms with Gasteiger partial charge in [0.2, 0.25) is 5.89 Å². The molecule has 1 N–H and O–H groups in total.